The van der Waals surface area contributed by atoms with Crippen molar-refractivity contribution in [1.29, 1.82) is 0 Å². The third kappa shape index (κ3) is 3.43. The molecule has 0 amide bonds. The number of hydrogen-bond acceptors (Lipinski definition) is 2. The molecule has 1 N–H and O–H groups in total. The Morgan fingerprint density at radius 3 is 2.77 bits per heavy atom. The maximum atomic E-state index is 10.6. The van der Waals surface area contributed by atoms with Crippen LogP contribution in [0.5, 0.6) is 0 Å². The molecule has 0 fully saturated rings. The molecule has 0 aromatic heterocycles. The van der Waals surface area contributed by atoms with Gasteiger partial charge >= 0.3 is 5.97 Å². The van der Waals surface area contributed by atoms with E-state index in [-0.39, 0.29) is 5.25 Å². The highest BCUT2D eigenvalue weighted by molar-refractivity contribution is 8.01. The van der Waals surface area contributed by atoms with Crippen LogP contribution in [-0.4, -0.2) is 21.6 Å². The molecule has 0 bridgehead atoms. The first-order chi connectivity index (χ1) is 6.24. The van der Waals surface area contributed by atoms with Gasteiger partial charge in [0.25, 0.3) is 0 Å². The Hall–Kier alpha value is -0.440. The van der Waals surface area contributed by atoms with Crippen LogP contribution in [-0.2, 0) is 4.79 Å². The molecule has 0 aromatic carbocycles. The number of hydrogen-bond donors (Lipinski definition) is 1. The van der Waals surface area contributed by atoms with E-state index in [1.807, 2.05) is 12.2 Å². The maximum Gasteiger partial charge on any atom is 0.320 e. The predicted molar refractivity (Wildman–Crippen MR) is 56.1 cm³/mol. The predicted octanol–water partition coefficient (Wildman–Crippen LogP) is 2.69. The number of aliphatic carboxylic acids is 1. The lowest BCUT2D eigenvalue weighted by Gasteiger charge is -2.07. The summed E-state index contributed by atoms with van der Waals surface area (Å²) in [7, 11) is 0. The molecule has 0 aliphatic carbocycles. The zero-order chi connectivity index (χ0) is 9.68. The van der Waals surface area contributed by atoms with Gasteiger partial charge in [-0.1, -0.05) is 38.3 Å². The molecule has 0 saturated heterocycles. The summed E-state index contributed by atoms with van der Waals surface area (Å²) in [5.41, 5.74) is 0. The molecule has 1 aliphatic heterocycles. The number of carboxylic acids is 1. The molecule has 2 atom stereocenters. The molecule has 1 aliphatic rings. The zero-order valence-corrected chi connectivity index (χ0v) is 8.72. The first-order valence-electron chi connectivity index (χ1n) is 4.80. The molecule has 1 heterocycles. The Labute approximate surface area is 83.4 Å². The lowest BCUT2D eigenvalue weighted by atomic mass is 10.1. The highest BCUT2D eigenvalue weighted by Crippen LogP contribution is 2.30. The van der Waals surface area contributed by atoms with Crippen molar-refractivity contribution in [3.63, 3.8) is 0 Å². The molecule has 1 rings (SSSR count). The first kappa shape index (κ1) is 10.6. The van der Waals surface area contributed by atoms with Gasteiger partial charge < -0.3 is 5.11 Å². The van der Waals surface area contributed by atoms with E-state index in [4.69, 9.17) is 5.11 Å². The van der Waals surface area contributed by atoms with Crippen molar-refractivity contribution >= 4 is 17.7 Å². The van der Waals surface area contributed by atoms with E-state index < -0.39 is 5.97 Å². The molecule has 2 nitrogen and oxygen atoms in total. The SMILES string of the molecule is CCCCCC1C=CC(C(=O)O)S1. The van der Waals surface area contributed by atoms with Crippen LogP contribution in [0.1, 0.15) is 32.6 Å². The van der Waals surface area contributed by atoms with E-state index in [0.717, 1.165) is 6.42 Å². The van der Waals surface area contributed by atoms with E-state index in [1.165, 1.54) is 19.3 Å². The van der Waals surface area contributed by atoms with Crippen molar-refractivity contribution < 1.29 is 9.90 Å². The average molecular weight is 200 g/mol. The van der Waals surface area contributed by atoms with Crippen LogP contribution in [0.15, 0.2) is 12.2 Å². The lowest BCUT2D eigenvalue weighted by molar-refractivity contribution is -0.135. The minimum absolute atomic E-state index is 0.299. The minimum atomic E-state index is -0.709. The van der Waals surface area contributed by atoms with Crippen molar-refractivity contribution in [2.75, 3.05) is 0 Å². The van der Waals surface area contributed by atoms with Crippen molar-refractivity contribution in [1.82, 2.24) is 0 Å². The van der Waals surface area contributed by atoms with Crippen molar-refractivity contribution in [3.8, 4) is 0 Å². The average Bonchev–Trinajstić information content (AvgIpc) is 2.53. The van der Waals surface area contributed by atoms with E-state index >= 15 is 0 Å². The van der Waals surface area contributed by atoms with Gasteiger partial charge in [0.1, 0.15) is 5.25 Å². The lowest BCUT2D eigenvalue weighted by Crippen LogP contribution is -2.11. The van der Waals surface area contributed by atoms with Gasteiger partial charge in [-0.2, -0.15) is 0 Å². The van der Waals surface area contributed by atoms with Crippen LogP contribution in [0.2, 0.25) is 0 Å². The van der Waals surface area contributed by atoms with Gasteiger partial charge in [-0.15, -0.1) is 11.8 Å². The smallest absolute Gasteiger partial charge is 0.320 e. The molecule has 0 saturated carbocycles. The van der Waals surface area contributed by atoms with Gasteiger partial charge in [-0.25, -0.2) is 0 Å². The van der Waals surface area contributed by atoms with Crippen molar-refractivity contribution in [3.05, 3.63) is 12.2 Å². The number of thioether (sulfide) groups is 1. The number of carbonyl (C=O) groups is 1. The summed E-state index contributed by atoms with van der Waals surface area (Å²) >= 11 is 1.56. The third-order valence-electron chi connectivity index (χ3n) is 2.16. The molecule has 3 heteroatoms. The highest BCUT2D eigenvalue weighted by Gasteiger charge is 2.24. The van der Waals surface area contributed by atoms with Gasteiger partial charge in [0.15, 0.2) is 0 Å². The molecule has 74 valence electrons. The van der Waals surface area contributed by atoms with E-state index in [9.17, 15) is 4.79 Å². The zero-order valence-electron chi connectivity index (χ0n) is 7.90. The van der Waals surface area contributed by atoms with Crippen LogP contribution in [0.25, 0.3) is 0 Å². The summed E-state index contributed by atoms with van der Waals surface area (Å²) in [5.74, 6) is -0.709. The Morgan fingerprint density at radius 1 is 1.46 bits per heavy atom. The molecule has 0 spiro atoms. The topological polar surface area (TPSA) is 37.3 Å². The fourth-order valence-corrected chi connectivity index (χ4v) is 2.56. The fraction of sp³-hybridized carbons (Fsp3) is 0.700. The molecular formula is C10H16O2S. The second-order valence-electron chi connectivity index (χ2n) is 3.31. The quantitative estimate of drug-likeness (QED) is 0.547. The van der Waals surface area contributed by atoms with Gasteiger partial charge in [0.2, 0.25) is 0 Å². The maximum absolute atomic E-state index is 10.6. The summed E-state index contributed by atoms with van der Waals surface area (Å²) < 4.78 is 0. The number of carboxylic acid groups (broad SMARTS) is 1. The molecule has 13 heavy (non-hydrogen) atoms. The summed E-state index contributed by atoms with van der Waals surface area (Å²) in [6.07, 6.45) is 8.67. The molecule has 0 aromatic rings. The van der Waals surface area contributed by atoms with E-state index in [1.54, 1.807) is 11.8 Å². The fourth-order valence-electron chi connectivity index (χ4n) is 1.40. The number of rotatable bonds is 5. The van der Waals surface area contributed by atoms with Gasteiger partial charge in [0.05, 0.1) is 0 Å². The normalized spacial score (nSPS) is 26.5. The summed E-state index contributed by atoms with van der Waals surface area (Å²) in [5, 5.41) is 8.87. The monoisotopic (exact) mass is 200 g/mol. The summed E-state index contributed by atoms with van der Waals surface area (Å²) in [4.78, 5) is 10.6. The molecule has 0 radical (unpaired) electrons. The second kappa shape index (κ2) is 5.32. The molecular weight excluding hydrogens is 184 g/mol. The van der Waals surface area contributed by atoms with Crippen LogP contribution in [0.3, 0.4) is 0 Å². The highest BCUT2D eigenvalue weighted by atomic mass is 32.2. The van der Waals surface area contributed by atoms with E-state index in [2.05, 4.69) is 6.92 Å². The van der Waals surface area contributed by atoms with Gasteiger partial charge in [-0.05, 0) is 6.42 Å². The van der Waals surface area contributed by atoms with Crippen LogP contribution < -0.4 is 0 Å². The molecule has 2 unspecified atom stereocenters. The van der Waals surface area contributed by atoms with Gasteiger partial charge in [0, 0.05) is 5.25 Å². The largest absolute Gasteiger partial charge is 0.480 e. The third-order valence-corrected chi connectivity index (χ3v) is 3.55. The Kier molecular flexibility index (Phi) is 4.36. The van der Waals surface area contributed by atoms with Crippen LogP contribution >= 0.6 is 11.8 Å². The Bertz CT molecular complexity index is 201. The van der Waals surface area contributed by atoms with Crippen LogP contribution in [0, 0.1) is 0 Å². The summed E-state index contributed by atoms with van der Waals surface area (Å²) in [6.45, 7) is 2.18. The Morgan fingerprint density at radius 2 is 2.23 bits per heavy atom. The minimum Gasteiger partial charge on any atom is -0.480 e. The van der Waals surface area contributed by atoms with Crippen molar-refractivity contribution in [2.45, 2.75) is 43.1 Å². The van der Waals surface area contributed by atoms with Crippen LogP contribution in [0.4, 0.5) is 0 Å². The summed E-state index contributed by atoms with van der Waals surface area (Å²) in [6, 6.07) is 0. The second-order valence-corrected chi connectivity index (χ2v) is 4.70. The van der Waals surface area contributed by atoms with Gasteiger partial charge in [-0.3, -0.25) is 4.79 Å². The Balaban J connectivity index is 2.19. The van der Waals surface area contributed by atoms with Crippen molar-refractivity contribution in [2.24, 2.45) is 0 Å². The van der Waals surface area contributed by atoms with E-state index in [0.29, 0.717) is 5.25 Å². The first-order valence-corrected chi connectivity index (χ1v) is 5.75. The standard InChI is InChI=1S/C10H16O2S/c1-2-3-4-5-8-6-7-9(13-8)10(11)12/h6-9H,2-5H2,1H3,(H,11,12). The number of unbranched alkanes of at least 4 members (excludes halogenated alkanes) is 2.